The Morgan fingerprint density at radius 2 is 1.67 bits per heavy atom. The van der Waals surface area contributed by atoms with Crippen LogP contribution in [0.3, 0.4) is 0 Å². The minimum absolute atomic E-state index is 0.114. The van der Waals surface area contributed by atoms with Crippen LogP contribution in [0.4, 0.5) is 0 Å². The summed E-state index contributed by atoms with van der Waals surface area (Å²) in [5, 5.41) is 10.8. The van der Waals surface area contributed by atoms with Gasteiger partial charge in [0.2, 0.25) is 0 Å². The Hall–Kier alpha value is -1.16. The highest BCUT2D eigenvalue weighted by molar-refractivity contribution is 5.72. The molecule has 3 heteroatoms. The van der Waals surface area contributed by atoms with E-state index in [1.54, 1.807) is 11.1 Å². The molecular formula is C27H36O3. The van der Waals surface area contributed by atoms with E-state index in [1.807, 2.05) is 0 Å². The van der Waals surface area contributed by atoms with Gasteiger partial charge in [0.05, 0.1) is 19.3 Å². The monoisotopic (exact) mass is 408 g/mol. The molecule has 0 amide bonds. The molecule has 1 aromatic rings. The highest BCUT2D eigenvalue weighted by Gasteiger charge is 2.61. The topological polar surface area (TPSA) is 38.7 Å². The average molecular weight is 409 g/mol. The molecule has 1 aliphatic heterocycles. The van der Waals surface area contributed by atoms with Crippen LogP contribution in [0, 0.1) is 28.6 Å². The fourth-order valence-electron chi connectivity index (χ4n) is 8.39. The van der Waals surface area contributed by atoms with Crippen LogP contribution >= 0.6 is 0 Å². The Labute approximate surface area is 180 Å². The molecule has 3 nitrogen and oxygen atoms in total. The Morgan fingerprint density at radius 3 is 2.43 bits per heavy atom. The minimum atomic E-state index is -0.381. The zero-order valence-electron chi connectivity index (χ0n) is 18.5. The van der Waals surface area contributed by atoms with Crippen LogP contribution < -0.4 is 0 Å². The van der Waals surface area contributed by atoms with Gasteiger partial charge in [0.1, 0.15) is 0 Å². The summed E-state index contributed by atoms with van der Waals surface area (Å²) < 4.78 is 12.4. The molecule has 0 radical (unpaired) electrons. The molecule has 1 heterocycles. The van der Waals surface area contributed by atoms with E-state index in [0.29, 0.717) is 11.8 Å². The number of aliphatic hydroxyl groups is 1. The van der Waals surface area contributed by atoms with E-state index in [-0.39, 0.29) is 22.7 Å². The van der Waals surface area contributed by atoms with Gasteiger partial charge in [0.15, 0.2) is 5.79 Å². The van der Waals surface area contributed by atoms with Crippen LogP contribution in [-0.2, 0) is 9.47 Å². The molecule has 1 saturated heterocycles. The molecule has 0 aromatic heterocycles. The van der Waals surface area contributed by atoms with Crippen molar-refractivity contribution in [3.05, 3.63) is 41.5 Å². The molecule has 1 spiro atoms. The second-order valence-electron chi connectivity index (χ2n) is 11.2. The SMILES string of the molecule is CC12CCC3(CC1=C(c1ccccc1)CC1C2CCC2(C)C(O)CCC12)OCCO3. The molecular weight excluding hydrogens is 372 g/mol. The molecule has 6 rings (SSSR count). The fraction of sp³-hybridized carbons (Fsp3) is 0.704. The van der Waals surface area contributed by atoms with Gasteiger partial charge in [0.25, 0.3) is 0 Å². The Kier molecular flexibility index (Phi) is 4.34. The highest BCUT2D eigenvalue weighted by atomic mass is 16.7. The van der Waals surface area contributed by atoms with Crippen molar-refractivity contribution < 1.29 is 14.6 Å². The predicted molar refractivity (Wildman–Crippen MR) is 118 cm³/mol. The van der Waals surface area contributed by atoms with E-state index in [9.17, 15) is 5.11 Å². The van der Waals surface area contributed by atoms with Gasteiger partial charge in [-0.05, 0) is 78.2 Å². The van der Waals surface area contributed by atoms with Crippen LogP contribution in [0.15, 0.2) is 35.9 Å². The summed E-state index contributed by atoms with van der Waals surface area (Å²) in [5.41, 5.74) is 4.90. The second kappa shape index (κ2) is 6.67. The summed E-state index contributed by atoms with van der Waals surface area (Å²) in [6.07, 6.45) is 8.77. The normalized spacial score (nSPS) is 44.6. The van der Waals surface area contributed by atoms with Crippen molar-refractivity contribution in [2.75, 3.05) is 13.2 Å². The summed E-state index contributed by atoms with van der Waals surface area (Å²) in [6.45, 7) is 6.40. The van der Waals surface area contributed by atoms with E-state index in [4.69, 9.17) is 9.47 Å². The molecule has 1 aromatic carbocycles. The number of hydrogen-bond donors (Lipinski definition) is 1. The number of aliphatic hydroxyl groups excluding tert-OH is 1. The van der Waals surface area contributed by atoms with E-state index < -0.39 is 0 Å². The van der Waals surface area contributed by atoms with Gasteiger partial charge in [-0.2, -0.15) is 0 Å². The fourth-order valence-corrected chi connectivity index (χ4v) is 8.39. The number of allylic oxidation sites excluding steroid dienone is 1. The van der Waals surface area contributed by atoms with Crippen molar-refractivity contribution in [3.8, 4) is 0 Å². The van der Waals surface area contributed by atoms with Crippen LogP contribution in [0.25, 0.3) is 5.57 Å². The standard InChI is InChI=1S/C27H36O3/c1-25-12-13-27(29-14-15-30-27)17-23(25)19(18-6-4-3-5-7-18)16-20-21-8-9-24(28)26(21,2)11-10-22(20)25/h3-7,20-22,24,28H,8-17H2,1-2H3. The summed E-state index contributed by atoms with van der Waals surface area (Å²) in [5.74, 6) is 1.68. The lowest BCUT2D eigenvalue weighted by Crippen LogP contribution is -2.53. The first-order valence-electron chi connectivity index (χ1n) is 12.2. The summed E-state index contributed by atoms with van der Waals surface area (Å²) in [7, 11) is 0. The van der Waals surface area contributed by atoms with Crippen molar-refractivity contribution in [1.29, 1.82) is 0 Å². The third-order valence-corrected chi connectivity index (χ3v) is 10.1. The minimum Gasteiger partial charge on any atom is -0.393 e. The molecule has 4 aliphatic carbocycles. The lowest BCUT2D eigenvalue weighted by atomic mass is 9.46. The second-order valence-corrected chi connectivity index (χ2v) is 11.2. The van der Waals surface area contributed by atoms with Crippen molar-refractivity contribution in [2.24, 2.45) is 28.6 Å². The van der Waals surface area contributed by atoms with Gasteiger partial charge in [-0.3, -0.25) is 0 Å². The van der Waals surface area contributed by atoms with Gasteiger partial charge in [-0.1, -0.05) is 49.8 Å². The highest BCUT2D eigenvalue weighted by Crippen LogP contribution is 2.68. The number of ether oxygens (including phenoxy) is 2. The van der Waals surface area contributed by atoms with E-state index >= 15 is 0 Å². The van der Waals surface area contributed by atoms with Crippen molar-refractivity contribution in [3.63, 3.8) is 0 Å². The third-order valence-electron chi connectivity index (χ3n) is 10.1. The van der Waals surface area contributed by atoms with E-state index in [2.05, 4.69) is 44.2 Å². The third kappa shape index (κ3) is 2.61. The maximum absolute atomic E-state index is 10.8. The molecule has 6 atom stereocenters. The quantitative estimate of drug-likeness (QED) is 0.659. The number of hydrogen-bond acceptors (Lipinski definition) is 3. The molecule has 4 fully saturated rings. The summed E-state index contributed by atoms with van der Waals surface area (Å²) in [6, 6.07) is 11.1. The molecule has 6 unspecified atom stereocenters. The van der Waals surface area contributed by atoms with Gasteiger partial charge in [0, 0.05) is 12.8 Å². The van der Waals surface area contributed by atoms with Crippen LogP contribution in [0.5, 0.6) is 0 Å². The number of rotatable bonds is 1. The molecule has 30 heavy (non-hydrogen) atoms. The zero-order chi connectivity index (χ0) is 20.6. The number of fused-ring (bicyclic) bond motifs is 5. The Bertz CT molecular complexity index is 854. The van der Waals surface area contributed by atoms with E-state index in [0.717, 1.165) is 51.2 Å². The Balaban J connectivity index is 1.47. The van der Waals surface area contributed by atoms with Crippen molar-refractivity contribution >= 4 is 5.57 Å². The predicted octanol–water partition coefficient (Wildman–Crippen LogP) is 5.58. The zero-order valence-corrected chi connectivity index (χ0v) is 18.5. The first-order valence-corrected chi connectivity index (χ1v) is 12.2. The van der Waals surface area contributed by atoms with Crippen molar-refractivity contribution in [2.45, 2.75) is 77.1 Å². The van der Waals surface area contributed by atoms with Gasteiger partial charge in [-0.15, -0.1) is 0 Å². The summed E-state index contributed by atoms with van der Waals surface area (Å²) in [4.78, 5) is 0. The van der Waals surface area contributed by atoms with Crippen LogP contribution in [-0.4, -0.2) is 30.2 Å². The molecule has 0 bridgehead atoms. The van der Waals surface area contributed by atoms with Crippen LogP contribution in [0.2, 0.25) is 0 Å². The lowest BCUT2D eigenvalue weighted by Gasteiger charge is -2.59. The molecule has 162 valence electrons. The van der Waals surface area contributed by atoms with Gasteiger partial charge in [-0.25, -0.2) is 0 Å². The number of benzene rings is 1. The molecule has 1 N–H and O–H groups in total. The largest absolute Gasteiger partial charge is 0.393 e. The Morgan fingerprint density at radius 1 is 0.900 bits per heavy atom. The maximum atomic E-state index is 10.8. The first kappa shape index (κ1) is 19.5. The molecule has 5 aliphatic rings. The average Bonchev–Trinajstić information content (AvgIpc) is 3.34. The summed E-state index contributed by atoms with van der Waals surface area (Å²) >= 11 is 0. The van der Waals surface area contributed by atoms with E-state index in [1.165, 1.54) is 24.8 Å². The van der Waals surface area contributed by atoms with Gasteiger partial charge >= 0.3 is 0 Å². The van der Waals surface area contributed by atoms with Crippen LogP contribution in [0.1, 0.15) is 70.8 Å². The molecule has 3 saturated carbocycles. The lowest BCUT2D eigenvalue weighted by molar-refractivity contribution is -0.185. The van der Waals surface area contributed by atoms with Gasteiger partial charge < -0.3 is 14.6 Å². The van der Waals surface area contributed by atoms with Crippen molar-refractivity contribution in [1.82, 2.24) is 0 Å². The first-order chi connectivity index (χ1) is 14.5. The maximum Gasteiger partial charge on any atom is 0.172 e. The smallest absolute Gasteiger partial charge is 0.172 e.